The van der Waals surface area contributed by atoms with E-state index in [0.29, 0.717) is 35.1 Å². The lowest BCUT2D eigenvalue weighted by atomic mass is 9.78. The quantitative estimate of drug-likeness (QED) is 0.0689. The highest BCUT2D eigenvalue weighted by Crippen LogP contribution is 2.53. The maximum atomic E-state index is 12.5. The van der Waals surface area contributed by atoms with E-state index in [0.717, 1.165) is 66.8 Å². The third-order valence-corrected chi connectivity index (χ3v) is 28.0. The van der Waals surface area contributed by atoms with E-state index in [1.807, 2.05) is 19.2 Å². The Hall–Kier alpha value is -0.596. The SMILES string of the molecule is COc1ccc(CO[C@@H](CC2([C@H](C)/C=C(\C)[C@H](C=O)O[Si](C)(C)C(C)(C)C)SCCCS2)[C@H](C)C[C@@H]2CC[C@@H](O[Si](C(C)C)(C(C)C)C(C)C)[C@H](OC)C2)cc1. The average molecular weight is 851 g/mol. The Morgan fingerprint density at radius 1 is 0.911 bits per heavy atom. The molecule has 0 spiro atoms. The molecule has 1 aliphatic heterocycles. The van der Waals surface area contributed by atoms with Gasteiger partial charge in [0.2, 0.25) is 8.32 Å². The molecule has 322 valence electrons. The van der Waals surface area contributed by atoms with E-state index in [4.69, 9.17) is 23.1 Å². The first kappa shape index (κ1) is 49.8. The van der Waals surface area contributed by atoms with E-state index in [-0.39, 0.29) is 33.3 Å². The van der Waals surface area contributed by atoms with Crippen molar-refractivity contribution in [2.75, 3.05) is 25.7 Å². The summed E-state index contributed by atoms with van der Waals surface area (Å²) in [5.41, 5.74) is 3.85. The topological polar surface area (TPSA) is 63.2 Å². The Morgan fingerprint density at radius 2 is 1.50 bits per heavy atom. The molecule has 10 heteroatoms. The molecule has 56 heavy (non-hydrogen) atoms. The van der Waals surface area contributed by atoms with Crippen LogP contribution < -0.4 is 4.74 Å². The van der Waals surface area contributed by atoms with Gasteiger partial charge in [-0.2, -0.15) is 0 Å². The number of aldehydes is 1. The zero-order chi connectivity index (χ0) is 42.1. The standard InChI is InChI=1S/C46H82O6S2Si2/c1-32(2)56(33(3)4,34(5)6)52-41-23-20-39(28-42(41)49-14)27-36(8)43(50-31-38-18-21-40(48-13)22-19-38)29-46(53-24-17-25-54-46)37(9)26-35(7)44(30-47)51-55(15,16)45(10,11)12/h18-19,21-22,26,30,32-34,36-37,39,41-44H,17,20,23-25,27-29,31H2,1-16H3/b35-26+/t36-,37-,39+,41-,42-,43+,44+/m1/s1. The van der Waals surface area contributed by atoms with Crippen LogP contribution in [0, 0.1) is 17.8 Å². The summed E-state index contributed by atoms with van der Waals surface area (Å²) in [6.07, 6.45) is 9.69. The normalized spacial score (nSPS) is 23.6. The zero-order valence-corrected chi connectivity index (χ0v) is 42.0. The molecular weight excluding hydrogens is 769 g/mol. The fourth-order valence-electron chi connectivity index (χ4n) is 9.25. The average Bonchev–Trinajstić information content (AvgIpc) is 3.14. The number of hydrogen-bond donors (Lipinski definition) is 0. The summed E-state index contributed by atoms with van der Waals surface area (Å²) >= 11 is 4.20. The monoisotopic (exact) mass is 851 g/mol. The zero-order valence-electron chi connectivity index (χ0n) is 38.4. The first-order valence-corrected chi connectivity index (χ1v) is 28.7. The lowest BCUT2D eigenvalue weighted by Crippen LogP contribution is -2.53. The molecule has 1 saturated carbocycles. The van der Waals surface area contributed by atoms with Gasteiger partial charge >= 0.3 is 0 Å². The van der Waals surface area contributed by atoms with Crippen LogP contribution in [-0.2, 0) is 29.7 Å². The van der Waals surface area contributed by atoms with Gasteiger partial charge in [0.1, 0.15) is 11.9 Å². The number of thioether (sulfide) groups is 2. The highest BCUT2D eigenvalue weighted by molar-refractivity contribution is 8.18. The fraction of sp³-hybridized carbons (Fsp3) is 0.804. The molecular formula is C46H82O6S2Si2. The molecule has 0 N–H and O–H groups in total. The maximum Gasteiger partial charge on any atom is 0.200 e. The van der Waals surface area contributed by atoms with Crippen molar-refractivity contribution in [3.05, 3.63) is 41.5 Å². The first-order chi connectivity index (χ1) is 26.2. The van der Waals surface area contributed by atoms with Crippen LogP contribution in [0.4, 0.5) is 0 Å². The molecule has 1 heterocycles. The molecule has 2 aliphatic rings. The Balaban J connectivity index is 1.89. The van der Waals surface area contributed by atoms with Crippen LogP contribution in [0.2, 0.25) is 34.8 Å². The summed E-state index contributed by atoms with van der Waals surface area (Å²) < 4.78 is 32.7. The third-order valence-electron chi connectivity index (χ3n) is 13.6. The van der Waals surface area contributed by atoms with E-state index in [2.05, 4.69) is 138 Å². The van der Waals surface area contributed by atoms with Crippen molar-refractivity contribution in [3.63, 3.8) is 0 Å². The van der Waals surface area contributed by atoms with Gasteiger partial charge in [-0.3, -0.25) is 0 Å². The van der Waals surface area contributed by atoms with Crippen LogP contribution in [0.1, 0.15) is 127 Å². The number of methoxy groups -OCH3 is 2. The number of allylic oxidation sites excluding steroid dienone is 1. The summed E-state index contributed by atoms with van der Waals surface area (Å²) in [5, 5.41) is 0.0269. The van der Waals surface area contributed by atoms with Crippen molar-refractivity contribution in [2.24, 2.45) is 17.8 Å². The second-order valence-corrected chi connectivity index (χ2v) is 32.8. The van der Waals surface area contributed by atoms with Crippen molar-refractivity contribution < 1.29 is 27.9 Å². The summed E-state index contributed by atoms with van der Waals surface area (Å²) in [4.78, 5) is 12.5. The fourth-order valence-corrected chi connectivity index (χ4v) is 19.6. The molecule has 1 aromatic carbocycles. The van der Waals surface area contributed by atoms with Crippen LogP contribution in [0.5, 0.6) is 5.75 Å². The molecule has 0 amide bonds. The van der Waals surface area contributed by atoms with Crippen molar-refractivity contribution in [1.82, 2.24) is 0 Å². The van der Waals surface area contributed by atoms with Gasteiger partial charge in [-0.05, 0) is 133 Å². The molecule has 0 radical (unpaired) electrons. The highest BCUT2D eigenvalue weighted by Gasteiger charge is 2.49. The minimum atomic E-state index is -2.14. The van der Waals surface area contributed by atoms with Gasteiger partial charge in [0.15, 0.2) is 14.6 Å². The summed E-state index contributed by atoms with van der Waals surface area (Å²) in [7, 11) is -0.561. The molecule has 0 unspecified atom stereocenters. The number of ether oxygens (including phenoxy) is 3. The largest absolute Gasteiger partial charge is 0.497 e. The van der Waals surface area contributed by atoms with Gasteiger partial charge in [0.05, 0.1) is 36.1 Å². The van der Waals surface area contributed by atoms with Crippen molar-refractivity contribution in [2.45, 2.75) is 191 Å². The van der Waals surface area contributed by atoms with E-state index in [9.17, 15) is 4.79 Å². The van der Waals surface area contributed by atoms with Gasteiger partial charge < -0.3 is 27.9 Å². The number of carbonyl (C=O) groups excluding carboxylic acids is 1. The minimum absolute atomic E-state index is 0.0269. The van der Waals surface area contributed by atoms with Crippen LogP contribution >= 0.6 is 23.5 Å². The van der Waals surface area contributed by atoms with E-state index < -0.39 is 22.7 Å². The Labute approximate surface area is 354 Å². The molecule has 1 aliphatic carbocycles. The summed E-state index contributed by atoms with van der Waals surface area (Å²) in [6, 6.07) is 8.29. The van der Waals surface area contributed by atoms with Gasteiger partial charge in [0, 0.05) is 7.11 Å². The van der Waals surface area contributed by atoms with Gasteiger partial charge in [-0.15, -0.1) is 23.5 Å². The lowest BCUT2D eigenvalue weighted by molar-refractivity contribution is -0.112. The molecule has 2 fully saturated rings. The van der Waals surface area contributed by atoms with E-state index in [1.165, 1.54) is 6.42 Å². The second kappa shape index (κ2) is 21.8. The maximum absolute atomic E-state index is 12.5. The predicted octanol–water partition coefficient (Wildman–Crippen LogP) is 13.1. The van der Waals surface area contributed by atoms with Crippen molar-refractivity contribution in [3.8, 4) is 5.75 Å². The molecule has 1 aromatic rings. The molecule has 0 bridgehead atoms. The first-order valence-electron chi connectivity index (χ1n) is 21.7. The Bertz CT molecular complexity index is 1330. The number of carbonyl (C=O) groups is 1. The Kier molecular flexibility index (Phi) is 19.4. The van der Waals surface area contributed by atoms with E-state index >= 15 is 0 Å². The molecule has 7 atom stereocenters. The van der Waals surface area contributed by atoms with E-state index in [1.54, 1.807) is 7.11 Å². The highest BCUT2D eigenvalue weighted by atomic mass is 32.2. The molecule has 0 aromatic heterocycles. The predicted molar refractivity (Wildman–Crippen MR) is 247 cm³/mol. The van der Waals surface area contributed by atoms with Crippen LogP contribution in [0.25, 0.3) is 0 Å². The third kappa shape index (κ3) is 12.7. The minimum Gasteiger partial charge on any atom is -0.497 e. The van der Waals surface area contributed by atoms with Crippen LogP contribution in [-0.4, -0.2) is 77.1 Å². The summed E-state index contributed by atoms with van der Waals surface area (Å²) in [5.74, 6) is 4.25. The van der Waals surface area contributed by atoms with Gasteiger partial charge in [0.25, 0.3) is 0 Å². The van der Waals surface area contributed by atoms with Crippen LogP contribution in [0.3, 0.4) is 0 Å². The molecule has 1 saturated heterocycles. The second-order valence-electron chi connectivity index (χ2n) is 19.5. The number of rotatable bonds is 21. The van der Waals surface area contributed by atoms with Crippen molar-refractivity contribution in [1.29, 1.82) is 0 Å². The molecule has 3 rings (SSSR count). The lowest BCUT2D eigenvalue weighted by Gasteiger charge is -2.48. The summed E-state index contributed by atoms with van der Waals surface area (Å²) in [6.45, 7) is 32.9. The van der Waals surface area contributed by atoms with Gasteiger partial charge in [-0.25, -0.2) is 0 Å². The Morgan fingerprint density at radius 3 is 2.00 bits per heavy atom. The smallest absolute Gasteiger partial charge is 0.200 e. The number of hydrogen-bond acceptors (Lipinski definition) is 8. The van der Waals surface area contributed by atoms with Crippen LogP contribution in [0.15, 0.2) is 35.9 Å². The number of benzene rings is 1. The van der Waals surface area contributed by atoms with Gasteiger partial charge in [-0.1, -0.05) is 94.4 Å². The van der Waals surface area contributed by atoms with Crippen molar-refractivity contribution >= 4 is 46.4 Å². The molecule has 6 nitrogen and oxygen atoms in total.